The van der Waals surface area contributed by atoms with Crippen molar-refractivity contribution in [3.05, 3.63) is 58.5 Å². The molecule has 3 rings (SSSR count). The number of hydrogen-bond acceptors (Lipinski definition) is 6. The van der Waals surface area contributed by atoms with Crippen LogP contribution in [0, 0.1) is 16.0 Å². The summed E-state index contributed by atoms with van der Waals surface area (Å²) in [7, 11) is -3.82. The van der Waals surface area contributed by atoms with Crippen LogP contribution in [0.2, 0.25) is 0 Å². The third kappa shape index (κ3) is 4.34. The lowest BCUT2D eigenvalue weighted by Gasteiger charge is -2.31. The van der Waals surface area contributed by atoms with E-state index in [4.69, 9.17) is 4.42 Å². The van der Waals surface area contributed by atoms with Crippen LogP contribution in [-0.2, 0) is 21.4 Å². The number of nitro groups is 1. The van der Waals surface area contributed by atoms with Crippen molar-refractivity contribution in [2.45, 2.75) is 24.3 Å². The molecule has 0 saturated carbocycles. The molecule has 27 heavy (non-hydrogen) atoms. The van der Waals surface area contributed by atoms with E-state index in [-0.39, 0.29) is 29.6 Å². The van der Waals surface area contributed by atoms with Crippen LogP contribution in [0.5, 0.6) is 0 Å². The van der Waals surface area contributed by atoms with Crippen molar-refractivity contribution in [1.29, 1.82) is 0 Å². The average molecular weight is 393 g/mol. The fraction of sp³-hybridized carbons (Fsp3) is 0.353. The highest BCUT2D eigenvalue weighted by atomic mass is 32.2. The van der Waals surface area contributed by atoms with Crippen molar-refractivity contribution in [2.75, 3.05) is 13.1 Å². The second-order valence-corrected chi connectivity index (χ2v) is 8.19. The quantitative estimate of drug-likeness (QED) is 0.591. The summed E-state index contributed by atoms with van der Waals surface area (Å²) in [6.07, 6.45) is 2.67. The molecule has 0 bridgehead atoms. The molecule has 1 atom stereocenters. The predicted molar refractivity (Wildman–Crippen MR) is 95.1 cm³/mol. The van der Waals surface area contributed by atoms with Gasteiger partial charge in [0.2, 0.25) is 15.9 Å². The first-order valence-electron chi connectivity index (χ1n) is 8.42. The molecule has 1 aliphatic rings. The van der Waals surface area contributed by atoms with Crippen LogP contribution in [0.1, 0.15) is 18.6 Å². The Labute approximate surface area is 156 Å². The average Bonchev–Trinajstić information content (AvgIpc) is 3.20. The summed E-state index contributed by atoms with van der Waals surface area (Å²) in [5.41, 5.74) is -0.178. The molecule has 9 nitrogen and oxygen atoms in total. The van der Waals surface area contributed by atoms with Crippen molar-refractivity contribution in [1.82, 2.24) is 9.62 Å². The molecule has 0 radical (unpaired) electrons. The Morgan fingerprint density at radius 2 is 2.04 bits per heavy atom. The highest BCUT2D eigenvalue weighted by molar-refractivity contribution is 7.89. The van der Waals surface area contributed by atoms with Crippen LogP contribution < -0.4 is 5.32 Å². The molecule has 1 aliphatic heterocycles. The second kappa shape index (κ2) is 7.89. The molecule has 1 aromatic carbocycles. The van der Waals surface area contributed by atoms with E-state index in [1.807, 2.05) is 0 Å². The number of nitrogens with zero attached hydrogens (tertiary/aromatic N) is 2. The van der Waals surface area contributed by atoms with Crippen molar-refractivity contribution in [3.8, 4) is 0 Å². The maximum absolute atomic E-state index is 12.8. The maximum atomic E-state index is 12.8. The van der Waals surface area contributed by atoms with Gasteiger partial charge in [-0.1, -0.05) is 0 Å². The van der Waals surface area contributed by atoms with Gasteiger partial charge in [-0.2, -0.15) is 4.31 Å². The number of piperidine rings is 1. The number of furan rings is 1. The van der Waals surface area contributed by atoms with Gasteiger partial charge in [-0.25, -0.2) is 8.42 Å². The number of amides is 1. The largest absolute Gasteiger partial charge is 0.467 e. The Balaban J connectivity index is 1.67. The van der Waals surface area contributed by atoms with Gasteiger partial charge in [0, 0.05) is 25.2 Å². The third-order valence-electron chi connectivity index (χ3n) is 4.46. The maximum Gasteiger partial charge on any atom is 0.269 e. The number of sulfonamides is 1. The monoisotopic (exact) mass is 393 g/mol. The van der Waals surface area contributed by atoms with Gasteiger partial charge in [0.1, 0.15) is 5.76 Å². The summed E-state index contributed by atoms with van der Waals surface area (Å²) >= 11 is 0. The molecule has 2 aromatic rings. The van der Waals surface area contributed by atoms with Crippen molar-refractivity contribution in [2.24, 2.45) is 5.92 Å². The van der Waals surface area contributed by atoms with E-state index in [1.165, 1.54) is 22.7 Å². The first-order valence-corrected chi connectivity index (χ1v) is 9.86. The van der Waals surface area contributed by atoms with Gasteiger partial charge in [-0.15, -0.1) is 0 Å². The Bertz CT molecular complexity index is 909. The van der Waals surface area contributed by atoms with Crippen LogP contribution in [0.15, 0.2) is 52.0 Å². The molecule has 1 saturated heterocycles. The van der Waals surface area contributed by atoms with E-state index in [1.54, 1.807) is 12.1 Å². The minimum Gasteiger partial charge on any atom is -0.467 e. The van der Waals surface area contributed by atoms with Gasteiger partial charge in [-0.05, 0) is 37.1 Å². The number of rotatable bonds is 6. The van der Waals surface area contributed by atoms with Crippen molar-refractivity contribution >= 4 is 21.6 Å². The van der Waals surface area contributed by atoms with Crippen molar-refractivity contribution in [3.63, 3.8) is 0 Å². The van der Waals surface area contributed by atoms with Gasteiger partial charge in [0.25, 0.3) is 5.69 Å². The molecule has 1 N–H and O–H groups in total. The summed E-state index contributed by atoms with van der Waals surface area (Å²) in [5.74, 6) is -0.0638. The molecule has 1 amide bonds. The van der Waals surface area contributed by atoms with E-state index in [0.717, 1.165) is 12.1 Å². The molecular formula is C17H19N3O6S. The Morgan fingerprint density at radius 3 is 2.67 bits per heavy atom. The lowest BCUT2D eigenvalue weighted by Crippen LogP contribution is -2.45. The van der Waals surface area contributed by atoms with Crippen molar-refractivity contribution < 1.29 is 22.6 Å². The Hall–Kier alpha value is -2.72. The topological polar surface area (TPSA) is 123 Å². The van der Waals surface area contributed by atoms with Gasteiger partial charge in [0.15, 0.2) is 0 Å². The molecule has 0 spiro atoms. The fourth-order valence-corrected chi connectivity index (χ4v) is 4.52. The third-order valence-corrected chi connectivity index (χ3v) is 6.34. The minimum atomic E-state index is -3.82. The first-order chi connectivity index (χ1) is 12.9. The molecule has 0 aliphatic carbocycles. The van der Waals surface area contributed by atoms with Crippen LogP contribution in [0.3, 0.4) is 0 Å². The Morgan fingerprint density at radius 1 is 1.30 bits per heavy atom. The highest BCUT2D eigenvalue weighted by Crippen LogP contribution is 2.25. The summed E-state index contributed by atoms with van der Waals surface area (Å²) in [4.78, 5) is 22.5. The normalized spacial score (nSPS) is 18.1. The van der Waals surface area contributed by atoms with Gasteiger partial charge < -0.3 is 9.73 Å². The number of hydrogen-bond donors (Lipinski definition) is 1. The zero-order chi connectivity index (χ0) is 19.4. The molecule has 2 heterocycles. The fourth-order valence-electron chi connectivity index (χ4n) is 3.00. The lowest BCUT2D eigenvalue weighted by molar-refractivity contribution is -0.384. The first kappa shape index (κ1) is 19.1. The summed E-state index contributed by atoms with van der Waals surface area (Å²) < 4.78 is 32.0. The Kier molecular flexibility index (Phi) is 5.57. The van der Waals surface area contributed by atoms with E-state index < -0.39 is 20.9 Å². The zero-order valence-electron chi connectivity index (χ0n) is 14.4. The zero-order valence-corrected chi connectivity index (χ0v) is 15.2. The van der Waals surface area contributed by atoms with Gasteiger partial charge >= 0.3 is 0 Å². The molecule has 1 unspecified atom stereocenters. The van der Waals surface area contributed by atoms with E-state index in [9.17, 15) is 23.3 Å². The van der Waals surface area contributed by atoms with Gasteiger partial charge in [-0.3, -0.25) is 14.9 Å². The number of benzene rings is 1. The predicted octanol–water partition coefficient (Wildman–Crippen LogP) is 1.90. The van der Waals surface area contributed by atoms with Crippen LogP contribution in [0.4, 0.5) is 5.69 Å². The van der Waals surface area contributed by atoms with Gasteiger partial charge in [0.05, 0.1) is 28.5 Å². The van der Waals surface area contributed by atoms with Crippen LogP contribution in [-0.4, -0.2) is 36.6 Å². The molecule has 1 fully saturated rings. The summed E-state index contributed by atoms with van der Waals surface area (Å²) in [6, 6.07) is 8.21. The summed E-state index contributed by atoms with van der Waals surface area (Å²) in [6.45, 7) is 0.627. The highest BCUT2D eigenvalue weighted by Gasteiger charge is 2.33. The van der Waals surface area contributed by atoms with E-state index in [0.29, 0.717) is 25.1 Å². The van der Waals surface area contributed by atoms with E-state index >= 15 is 0 Å². The SMILES string of the molecule is O=C(NCc1ccco1)C1CCCN(S(=O)(=O)c2ccc([N+](=O)[O-])cc2)C1. The van der Waals surface area contributed by atoms with Crippen LogP contribution in [0.25, 0.3) is 0 Å². The molecular weight excluding hydrogens is 374 g/mol. The van der Waals surface area contributed by atoms with E-state index in [2.05, 4.69) is 5.32 Å². The number of carbonyl (C=O) groups is 1. The molecule has 144 valence electrons. The number of nitro benzene ring substituents is 1. The smallest absolute Gasteiger partial charge is 0.269 e. The van der Waals surface area contributed by atoms with Crippen LogP contribution >= 0.6 is 0 Å². The lowest BCUT2D eigenvalue weighted by atomic mass is 9.99. The minimum absolute atomic E-state index is 0.0234. The molecule has 10 heteroatoms. The summed E-state index contributed by atoms with van der Waals surface area (Å²) in [5, 5.41) is 13.5. The number of carbonyl (C=O) groups excluding carboxylic acids is 1. The number of non-ortho nitro benzene ring substituents is 1. The second-order valence-electron chi connectivity index (χ2n) is 6.25. The molecule has 1 aromatic heterocycles. The standard InChI is InChI=1S/C17H19N3O6S/c21-17(18-11-15-4-2-10-26-15)13-3-1-9-19(12-13)27(24,25)16-7-5-14(6-8-16)20(22)23/h2,4-8,10,13H,1,3,9,11-12H2,(H,18,21). The number of nitrogens with one attached hydrogen (secondary N) is 1.